The van der Waals surface area contributed by atoms with E-state index < -0.39 is 6.10 Å². The van der Waals surface area contributed by atoms with Crippen molar-refractivity contribution in [1.82, 2.24) is 4.98 Å². The molecule has 0 bridgehead atoms. The van der Waals surface area contributed by atoms with E-state index in [2.05, 4.69) is 4.98 Å². The van der Waals surface area contributed by atoms with Crippen LogP contribution in [0.2, 0.25) is 0 Å². The zero-order valence-corrected chi connectivity index (χ0v) is 10.1. The molecule has 2 aromatic rings. The molecule has 18 heavy (non-hydrogen) atoms. The highest BCUT2D eigenvalue weighted by atomic mass is 16.5. The smallest absolute Gasteiger partial charge is 0.225 e. The molecule has 0 saturated heterocycles. The molecule has 0 aliphatic heterocycles. The third-order valence-corrected chi connectivity index (χ3v) is 2.55. The molecule has 0 spiro atoms. The van der Waals surface area contributed by atoms with Gasteiger partial charge in [-0.15, -0.1) is 0 Å². The summed E-state index contributed by atoms with van der Waals surface area (Å²) in [5.41, 5.74) is 1.40. The fraction of sp³-hybridized carbons (Fsp3) is 0.214. The van der Waals surface area contributed by atoms with E-state index >= 15 is 0 Å². The van der Waals surface area contributed by atoms with E-state index in [1.807, 2.05) is 0 Å². The van der Waals surface area contributed by atoms with Gasteiger partial charge in [0.2, 0.25) is 5.88 Å². The molecule has 4 heteroatoms. The van der Waals surface area contributed by atoms with Crippen molar-refractivity contribution in [3.63, 3.8) is 0 Å². The van der Waals surface area contributed by atoms with Crippen LogP contribution in [0.1, 0.15) is 24.2 Å². The number of aromatic nitrogens is 1. The zero-order chi connectivity index (χ0) is 13.0. The number of ether oxygens (including phenoxy) is 1. The van der Waals surface area contributed by atoms with Crippen molar-refractivity contribution in [2.45, 2.75) is 19.6 Å². The number of rotatable bonds is 4. The number of hydrogen-bond donors (Lipinski definition) is 2. The van der Waals surface area contributed by atoms with Gasteiger partial charge < -0.3 is 14.9 Å². The Hall–Kier alpha value is -1.91. The lowest BCUT2D eigenvalue weighted by Crippen LogP contribution is -1.98. The van der Waals surface area contributed by atoms with E-state index in [1.54, 1.807) is 49.5 Å². The van der Waals surface area contributed by atoms with Gasteiger partial charge in [0.15, 0.2) is 0 Å². The molecule has 0 unspecified atom stereocenters. The minimum atomic E-state index is -0.644. The monoisotopic (exact) mass is 245 g/mol. The Balaban J connectivity index is 2.28. The number of aliphatic hydroxyl groups excluding tert-OH is 2. The molecule has 2 rings (SSSR count). The lowest BCUT2D eigenvalue weighted by molar-refractivity contribution is 0.194. The van der Waals surface area contributed by atoms with E-state index in [1.165, 1.54) is 0 Å². The van der Waals surface area contributed by atoms with E-state index in [-0.39, 0.29) is 6.61 Å². The van der Waals surface area contributed by atoms with E-state index in [0.29, 0.717) is 17.2 Å². The van der Waals surface area contributed by atoms with Crippen molar-refractivity contribution in [3.05, 3.63) is 53.7 Å². The van der Waals surface area contributed by atoms with E-state index in [9.17, 15) is 5.11 Å². The van der Waals surface area contributed by atoms with Crippen molar-refractivity contribution in [1.29, 1.82) is 0 Å². The first-order valence-electron chi connectivity index (χ1n) is 5.71. The van der Waals surface area contributed by atoms with Gasteiger partial charge in [-0.05, 0) is 36.8 Å². The SMILES string of the molecule is C[C@H](O)c1cccnc1Oc1cccc(CO)c1. The third kappa shape index (κ3) is 2.85. The maximum atomic E-state index is 9.62. The summed E-state index contributed by atoms with van der Waals surface area (Å²) in [4.78, 5) is 4.11. The summed E-state index contributed by atoms with van der Waals surface area (Å²) in [6, 6.07) is 10.6. The molecule has 0 fully saturated rings. The first-order chi connectivity index (χ1) is 8.70. The Morgan fingerprint density at radius 2 is 2.11 bits per heavy atom. The van der Waals surface area contributed by atoms with Crippen molar-refractivity contribution >= 4 is 0 Å². The highest BCUT2D eigenvalue weighted by Gasteiger charge is 2.10. The predicted molar refractivity (Wildman–Crippen MR) is 67.3 cm³/mol. The van der Waals surface area contributed by atoms with Crippen LogP contribution in [0.15, 0.2) is 42.6 Å². The lowest BCUT2D eigenvalue weighted by atomic mass is 10.2. The highest BCUT2D eigenvalue weighted by Crippen LogP contribution is 2.27. The Kier molecular flexibility index (Phi) is 3.92. The van der Waals surface area contributed by atoms with Gasteiger partial charge in [-0.3, -0.25) is 0 Å². The summed E-state index contributed by atoms with van der Waals surface area (Å²) in [6.45, 7) is 1.62. The standard InChI is InChI=1S/C14H15NO3/c1-10(17)13-6-3-7-15-14(13)18-12-5-2-4-11(8-12)9-16/h2-8,10,16-17H,9H2,1H3/t10-/m0/s1. The van der Waals surface area contributed by atoms with Crippen LogP contribution in [0.4, 0.5) is 0 Å². The van der Waals surface area contributed by atoms with Crippen LogP contribution in [-0.2, 0) is 6.61 Å². The summed E-state index contributed by atoms with van der Waals surface area (Å²) >= 11 is 0. The summed E-state index contributed by atoms with van der Waals surface area (Å²) in [6.07, 6.45) is 0.964. The average Bonchev–Trinajstić information content (AvgIpc) is 2.39. The van der Waals surface area contributed by atoms with Crippen LogP contribution < -0.4 is 4.74 Å². The molecule has 1 heterocycles. The molecule has 1 atom stereocenters. The number of pyridine rings is 1. The van der Waals surface area contributed by atoms with Crippen LogP contribution in [0, 0.1) is 0 Å². The molecule has 94 valence electrons. The van der Waals surface area contributed by atoms with Crippen LogP contribution >= 0.6 is 0 Å². The number of hydrogen-bond acceptors (Lipinski definition) is 4. The Bertz CT molecular complexity index is 526. The Labute approximate surface area is 106 Å². The number of aliphatic hydroxyl groups is 2. The first-order valence-corrected chi connectivity index (χ1v) is 5.71. The van der Waals surface area contributed by atoms with Gasteiger partial charge in [0.25, 0.3) is 0 Å². The second-order valence-electron chi connectivity index (χ2n) is 3.98. The fourth-order valence-corrected chi connectivity index (χ4v) is 1.63. The summed E-state index contributed by atoms with van der Waals surface area (Å²) in [5, 5.41) is 18.7. The van der Waals surface area contributed by atoms with Crippen LogP contribution in [0.5, 0.6) is 11.6 Å². The molecule has 1 aromatic heterocycles. The minimum Gasteiger partial charge on any atom is -0.439 e. The topological polar surface area (TPSA) is 62.6 Å². The van der Waals surface area contributed by atoms with Gasteiger partial charge in [-0.2, -0.15) is 0 Å². The summed E-state index contributed by atoms with van der Waals surface area (Å²) < 4.78 is 5.63. The molecular formula is C14H15NO3. The molecule has 4 nitrogen and oxygen atoms in total. The van der Waals surface area contributed by atoms with Crippen molar-refractivity contribution in [2.75, 3.05) is 0 Å². The quantitative estimate of drug-likeness (QED) is 0.868. The van der Waals surface area contributed by atoms with E-state index in [0.717, 1.165) is 5.56 Å². The molecule has 2 N–H and O–H groups in total. The summed E-state index contributed by atoms with van der Waals surface area (Å²) in [5.74, 6) is 0.963. The molecule has 0 aliphatic carbocycles. The van der Waals surface area contributed by atoms with E-state index in [4.69, 9.17) is 9.84 Å². The zero-order valence-electron chi connectivity index (χ0n) is 10.1. The van der Waals surface area contributed by atoms with Crippen molar-refractivity contribution in [2.24, 2.45) is 0 Å². The largest absolute Gasteiger partial charge is 0.439 e. The second-order valence-corrected chi connectivity index (χ2v) is 3.98. The molecule has 0 amide bonds. The van der Waals surface area contributed by atoms with Crippen molar-refractivity contribution < 1.29 is 14.9 Å². The predicted octanol–water partition coefficient (Wildman–Crippen LogP) is 2.42. The average molecular weight is 245 g/mol. The Morgan fingerprint density at radius 3 is 2.83 bits per heavy atom. The molecule has 0 aliphatic rings. The highest BCUT2D eigenvalue weighted by molar-refractivity contribution is 5.35. The molecular weight excluding hydrogens is 230 g/mol. The maximum Gasteiger partial charge on any atom is 0.225 e. The van der Waals surface area contributed by atoms with Gasteiger partial charge in [-0.1, -0.05) is 12.1 Å². The first kappa shape index (κ1) is 12.5. The lowest BCUT2D eigenvalue weighted by Gasteiger charge is -2.11. The van der Waals surface area contributed by atoms with Gasteiger partial charge in [-0.25, -0.2) is 4.98 Å². The third-order valence-electron chi connectivity index (χ3n) is 2.55. The Morgan fingerprint density at radius 1 is 1.28 bits per heavy atom. The molecule has 0 radical (unpaired) electrons. The van der Waals surface area contributed by atoms with Crippen LogP contribution in [0.25, 0.3) is 0 Å². The maximum absolute atomic E-state index is 9.62. The van der Waals surface area contributed by atoms with Crippen molar-refractivity contribution in [3.8, 4) is 11.6 Å². The number of nitrogens with zero attached hydrogens (tertiary/aromatic N) is 1. The minimum absolute atomic E-state index is 0.0390. The van der Waals surface area contributed by atoms with Gasteiger partial charge in [0, 0.05) is 11.8 Å². The second kappa shape index (κ2) is 5.62. The number of benzene rings is 1. The van der Waals surface area contributed by atoms with Gasteiger partial charge >= 0.3 is 0 Å². The summed E-state index contributed by atoms with van der Waals surface area (Å²) in [7, 11) is 0. The van der Waals surface area contributed by atoms with Crippen LogP contribution in [-0.4, -0.2) is 15.2 Å². The van der Waals surface area contributed by atoms with Crippen LogP contribution in [0.3, 0.4) is 0 Å². The molecule has 0 saturated carbocycles. The van der Waals surface area contributed by atoms with Gasteiger partial charge in [0.1, 0.15) is 5.75 Å². The fourth-order valence-electron chi connectivity index (χ4n) is 1.63. The normalized spacial score (nSPS) is 12.2. The van der Waals surface area contributed by atoms with Gasteiger partial charge in [0.05, 0.1) is 12.7 Å². The molecule has 1 aromatic carbocycles.